The zero-order chi connectivity index (χ0) is 23.0. The Labute approximate surface area is 195 Å². The molecule has 2 N–H and O–H groups in total. The molecular weight excluding hydrogens is 444 g/mol. The summed E-state index contributed by atoms with van der Waals surface area (Å²) in [5, 5.41) is 11.0. The molecule has 0 bridgehead atoms. The van der Waals surface area contributed by atoms with E-state index in [9.17, 15) is 14.5 Å². The minimum absolute atomic E-state index is 0.322. The van der Waals surface area contributed by atoms with Gasteiger partial charge in [0.15, 0.2) is 4.90 Å². The van der Waals surface area contributed by atoms with E-state index in [0.29, 0.717) is 17.0 Å². The summed E-state index contributed by atoms with van der Waals surface area (Å²) < 4.78 is 13.9. The van der Waals surface area contributed by atoms with Crippen molar-refractivity contribution in [3.63, 3.8) is 0 Å². The molecule has 0 spiro atoms. The SMILES string of the molecule is Cc1ccc(Cc2cc3cc(-c4ccc([S+]([O-])N(C)C)cc4)c(Cl)cc3[nH]2)cc1C(=O)O. The first-order valence-corrected chi connectivity index (χ1v) is 11.5. The lowest BCUT2D eigenvalue weighted by Crippen LogP contribution is -2.22. The molecule has 5 nitrogen and oxygen atoms in total. The molecule has 0 aliphatic carbocycles. The van der Waals surface area contributed by atoms with Crippen LogP contribution in [0.2, 0.25) is 5.02 Å². The molecule has 0 saturated heterocycles. The zero-order valence-electron chi connectivity index (χ0n) is 18.0. The van der Waals surface area contributed by atoms with Crippen LogP contribution in [0.4, 0.5) is 0 Å². The molecule has 1 aromatic heterocycles. The molecule has 0 amide bonds. The van der Waals surface area contributed by atoms with Gasteiger partial charge in [-0.25, -0.2) is 4.79 Å². The van der Waals surface area contributed by atoms with Gasteiger partial charge in [-0.2, -0.15) is 0 Å². The number of rotatable bonds is 6. The third kappa shape index (κ3) is 4.54. The lowest BCUT2D eigenvalue weighted by atomic mass is 10.0. The van der Waals surface area contributed by atoms with Gasteiger partial charge < -0.3 is 14.6 Å². The minimum Gasteiger partial charge on any atom is -0.593 e. The number of aromatic carboxylic acids is 1. The van der Waals surface area contributed by atoms with Crippen LogP contribution in [0.5, 0.6) is 0 Å². The molecule has 4 rings (SSSR count). The first kappa shape index (κ1) is 22.4. The first-order chi connectivity index (χ1) is 15.2. The molecule has 0 fully saturated rings. The van der Waals surface area contributed by atoms with Gasteiger partial charge in [0.2, 0.25) is 0 Å². The number of carbonyl (C=O) groups is 1. The van der Waals surface area contributed by atoms with Crippen LogP contribution < -0.4 is 0 Å². The number of aromatic nitrogens is 1. The second kappa shape index (κ2) is 9.00. The number of aryl methyl sites for hydroxylation is 1. The standard InChI is InChI=1S/C25H23ClN2O3S/c1-15-4-5-16(11-21(15)25(29)30)10-19-12-18-13-22(23(26)14-24(18)27-19)17-6-8-20(9-7-17)32(31)28(2)3/h4-9,11-14,27H,10H2,1-3H3,(H,29,30). The van der Waals surface area contributed by atoms with Crippen LogP contribution in [0, 0.1) is 6.92 Å². The van der Waals surface area contributed by atoms with Gasteiger partial charge in [0.1, 0.15) is 0 Å². The molecule has 32 heavy (non-hydrogen) atoms. The van der Waals surface area contributed by atoms with Crippen LogP contribution >= 0.6 is 11.6 Å². The average Bonchev–Trinajstić information content (AvgIpc) is 3.14. The monoisotopic (exact) mass is 466 g/mol. The van der Waals surface area contributed by atoms with Gasteiger partial charge in [-0.1, -0.05) is 23.7 Å². The Morgan fingerprint density at radius 2 is 1.81 bits per heavy atom. The van der Waals surface area contributed by atoms with Crippen LogP contribution in [0.1, 0.15) is 27.2 Å². The predicted molar refractivity (Wildman–Crippen MR) is 130 cm³/mol. The Morgan fingerprint density at radius 3 is 2.47 bits per heavy atom. The van der Waals surface area contributed by atoms with Crippen LogP contribution in [0.25, 0.3) is 22.0 Å². The number of hydrogen-bond acceptors (Lipinski definition) is 3. The second-order valence-electron chi connectivity index (χ2n) is 7.93. The summed E-state index contributed by atoms with van der Waals surface area (Å²) in [4.78, 5) is 15.5. The molecular formula is C25H23ClN2O3S. The highest BCUT2D eigenvalue weighted by molar-refractivity contribution is 7.89. The fourth-order valence-electron chi connectivity index (χ4n) is 3.72. The van der Waals surface area contributed by atoms with E-state index < -0.39 is 17.3 Å². The van der Waals surface area contributed by atoms with Crippen molar-refractivity contribution >= 4 is 39.8 Å². The summed E-state index contributed by atoms with van der Waals surface area (Å²) in [6.07, 6.45) is 0.591. The maximum Gasteiger partial charge on any atom is 0.335 e. The number of carboxylic acid groups (broad SMARTS) is 1. The van der Waals surface area contributed by atoms with E-state index in [-0.39, 0.29) is 0 Å². The van der Waals surface area contributed by atoms with Gasteiger partial charge in [-0.15, -0.1) is 4.31 Å². The van der Waals surface area contributed by atoms with E-state index in [1.54, 1.807) is 31.4 Å². The number of hydrogen-bond donors (Lipinski definition) is 2. The van der Waals surface area contributed by atoms with E-state index in [0.717, 1.165) is 43.7 Å². The number of nitrogens with zero attached hydrogens (tertiary/aromatic N) is 1. The topological polar surface area (TPSA) is 79.4 Å². The highest BCUT2D eigenvalue weighted by Crippen LogP contribution is 2.33. The van der Waals surface area contributed by atoms with Gasteiger partial charge in [-0.05, 0) is 72.1 Å². The maximum absolute atomic E-state index is 12.2. The van der Waals surface area contributed by atoms with Gasteiger partial charge >= 0.3 is 5.97 Å². The molecule has 0 saturated carbocycles. The Kier molecular flexibility index (Phi) is 6.31. The number of carboxylic acids is 1. The van der Waals surface area contributed by atoms with Gasteiger partial charge in [0.05, 0.1) is 21.9 Å². The molecule has 0 aliphatic heterocycles. The Bertz CT molecular complexity index is 1300. The van der Waals surface area contributed by atoms with Crippen LogP contribution in [0.3, 0.4) is 0 Å². The molecule has 7 heteroatoms. The van der Waals surface area contributed by atoms with E-state index in [4.69, 9.17) is 11.6 Å². The molecule has 0 radical (unpaired) electrons. The Hall–Kier alpha value is -2.77. The number of halogens is 1. The molecule has 4 aromatic rings. The lowest BCUT2D eigenvalue weighted by Gasteiger charge is -2.15. The summed E-state index contributed by atoms with van der Waals surface area (Å²) in [5.41, 5.74) is 5.74. The van der Waals surface area contributed by atoms with Crippen molar-refractivity contribution in [3.05, 3.63) is 88.1 Å². The Balaban J connectivity index is 1.64. The third-order valence-corrected chi connectivity index (χ3v) is 7.04. The maximum atomic E-state index is 12.2. The van der Waals surface area contributed by atoms with Crippen LogP contribution in [0.15, 0.2) is 65.6 Å². The molecule has 1 atom stereocenters. The van der Waals surface area contributed by atoms with Crippen LogP contribution in [-0.4, -0.2) is 39.0 Å². The largest absolute Gasteiger partial charge is 0.593 e. The average molecular weight is 467 g/mol. The number of nitrogens with one attached hydrogen (secondary N) is 1. The first-order valence-electron chi connectivity index (χ1n) is 10.1. The number of benzene rings is 3. The van der Waals surface area contributed by atoms with Gasteiger partial charge in [0, 0.05) is 42.7 Å². The van der Waals surface area contributed by atoms with Crippen molar-refractivity contribution in [3.8, 4) is 11.1 Å². The van der Waals surface area contributed by atoms with E-state index in [1.165, 1.54) is 0 Å². The minimum atomic E-state index is -1.19. The van der Waals surface area contributed by atoms with Crippen molar-refractivity contribution in [1.82, 2.24) is 9.29 Å². The number of H-pyrrole nitrogens is 1. The van der Waals surface area contributed by atoms with Crippen molar-refractivity contribution in [2.24, 2.45) is 0 Å². The quantitative estimate of drug-likeness (QED) is 0.359. The molecule has 1 unspecified atom stereocenters. The fraction of sp³-hybridized carbons (Fsp3) is 0.160. The molecule has 3 aromatic carbocycles. The highest BCUT2D eigenvalue weighted by atomic mass is 35.5. The predicted octanol–water partition coefficient (Wildman–Crippen LogP) is 5.67. The molecule has 1 heterocycles. The smallest absolute Gasteiger partial charge is 0.335 e. The van der Waals surface area contributed by atoms with Crippen molar-refractivity contribution in [2.75, 3.05) is 14.1 Å². The van der Waals surface area contributed by atoms with Crippen molar-refractivity contribution in [1.29, 1.82) is 0 Å². The lowest BCUT2D eigenvalue weighted by molar-refractivity contribution is 0.0696. The fourth-order valence-corrected chi connectivity index (χ4v) is 4.79. The van der Waals surface area contributed by atoms with Crippen LogP contribution in [-0.2, 0) is 17.8 Å². The van der Waals surface area contributed by atoms with Crippen molar-refractivity contribution in [2.45, 2.75) is 18.2 Å². The zero-order valence-corrected chi connectivity index (χ0v) is 19.6. The van der Waals surface area contributed by atoms with Gasteiger partial charge in [0.25, 0.3) is 0 Å². The van der Waals surface area contributed by atoms with Gasteiger partial charge in [-0.3, -0.25) is 0 Å². The third-order valence-electron chi connectivity index (χ3n) is 5.39. The highest BCUT2D eigenvalue weighted by Gasteiger charge is 2.15. The summed E-state index contributed by atoms with van der Waals surface area (Å²) >= 11 is 5.39. The summed E-state index contributed by atoms with van der Waals surface area (Å²) in [5.74, 6) is -0.919. The summed E-state index contributed by atoms with van der Waals surface area (Å²) in [6.45, 7) is 1.80. The summed E-state index contributed by atoms with van der Waals surface area (Å²) in [6, 6.07) is 19.1. The number of fused-ring (bicyclic) bond motifs is 1. The second-order valence-corrected chi connectivity index (χ2v) is 10.0. The normalized spacial score (nSPS) is 12.4. The summed E-state index contributed by atoms with van der Waals surface area (Å²) in [7, 11) is 3.55. The van der Waals surface area contributed by atoms with Crippen molar-refractivity contribution < 1.29 is 14.5 Å². The van der Waals surface area contributed by atoms with E-state index in [1.807, 2.05) is 48.5 Å². The number of aromatic amines is 1. The molecule has 164 valence electrons. The van der Waals surface area contributed by atoms with E-state index >= 15 is 0 Å². The molecule has 0 aliphatic rings. The van der Waals surface area contributed by atoms with E-state index in [2.05, 4.69) is 11.1 Å². The Morgan fingerprint density at radius 1 is 1.09 bits per heavy atom.